The lowest BCUT2D eigenvalue weighted by Gasteiger charge is -2.07. The summed E-state index contributed by atoms with van der Waals surface area (Å²) in [5, 5.41) is 7.46. The van der Waals surface area contributed by atoms with Crippen LogP contribution in [0.25, 0.3) is 10.9 Å². The van der Waals surface area contributed by atoms with Gasteiger partial charge in [0.1, 0.15) is 0 Å². The van der Waals surface area contributed by atoms with Gasteiger partial charge in [0.05, 0.1) is 5.52 Å². The fourth-order valence-electron chi connectivity index (χ4n) is 2.26. The van der Waals surface area contributed by atoms with E-state index in [9.17, 15) is 4.79 Å². The van der Waals surface area contributed by atoms with Crippen molar-refractivity contribution >= 4 is 16.8 Å². The van der Waals surface area contributed by atoms with Crippen LogP contribution < -0.4 is 10.6 Å². The highest BCUT2D eigenvalue weighted by Crippen LogP contribution is 2.18. The topological polar surface area (TPSA) is 54.0 Å². The first-order chi connectivity index (χ1) is 9.83. The zero-order valence-corrected chi connectivity index (χ0v) is 11.4. The highest BCUT2D eigenvalue weighted by Gasteiger charge is 2.22. The van der Waals surface area contributed by atoms with Gasteiger partial charge in [-0.15, -0.1) is 0 Å². The van der Waals surface area contributed by atoms with Crippen LogP contribution in [-0.2, 0) is 11.3 Å². The molecule has 2 aromatic rings. The molecule has 1 saturated carbocycles. The summed E-state index contributed by atoms with van der Waals surface area (Å²) in [6.07, 6.45) is 4.63. The molecule has 1 aromatic carbocycles. The summed E-state index contributed by atoms with van der Waals surface area (Å²) >= 11 is 0. The minimum Gasteiger partial charge on any atom is -0.353 e. The monoisotopic (exact) mass is 269 g/mol. The number of carbonyl (C=O) groups is 1. The highest BCUT2D eigenvalue weighted by atomic mass is 16.1. The first-order valence-corrected chi connectivity index (χ1v) is 7.15. The van der Waals surface area contributed by atoms with E-state index < -0.39 is 0 Å². The van der Waals surface area contributed by atoms with E-state index in [0.717, 1.165) is 30.3 Å². The minimum atomic E-state index is 0.149. The number of fused-ring (bicyclic) bond motifs is 1. The summed E-state index contributed by atoms with van der Waals surface area (Å²) in [6, 6.07) is 10.6. The lowest BCUT2D eigenvalue weighted by molar-refractivity contribution is -0.121. The van der Waals surface area contributed by atoms with Crippen molar-refractivity contribution in [3.05, 3.63) is 42.1 Å². The van der Waals surface area contributed by atoms with Gasteiger partial charge in [-0.2, -0.15) is 0 Å². The van der Waals surface area contributed by atoms with Crippen LogP contribution >= 0.6 is 0 Å². The molecule has 0 radical (unpaired) electrons. The van der Waals surface area contributed by atoms with Gasteiger partial charge in [0.15, 0.2) is 0 Å². The van der Waals surface area contributed by atoms with E-state index in [0.29, 0.717) is 19.0 Å². The Hall–Kier alpha value is -1.94. The van der Waals surface area contributed by atoms with Gasteiger partial charge in [-0.05, 0) is 24.5 Å². The normalized spacial score (nSPS) is 14.4. The minimum absolute atomic E-state index is 0.149. The van der Waals surface area contributed by atoms with Crippen molar-refractivity contribution in [2.45, 2.75) is 31.8 Å². The van der Waals surface area contributed by atoms with E-state index in [1.807, 2.05) is 18.3 Å². The first-order valence-electron chi connectivity index (χ1n) is 7.15. The Kier molecular flexibility index (Phi) is 3.92. The Morgan fingerprint density at radius 3 is 2.95 bits per heavy atom. The van der Waals surface area contributed by atoms with Crippen molar-refractivity contribution in [1.82, 2.24) is 15.6 Å². The number of benzene rings is 1. The average Bonchev–Trinajstić information content (AvgIpc) is 3.27. The smallest absolute Gasteiger partial charge is 0.221 e. The quantitative estimate of drug-likeness (QED) is 0.789. The standard InChI is InChI=1S/C16H19N3O/c20-15(19-14-6-7-14)8-10-17-11-13-4-1-3-12-5-2-9-18-16(12)13/h1-5,9,14,17H,6-8,10-11H2,(H,19,20). The maximum absolute atomic E-state index is 11.6. The zero-order chi connectivity index (χ0) is 13.8. The van der Waals surface area contributed by atoms with Crippen LogP contribution in [0.5, 0.6) is 0 Å². The number of hydrogen-bond acceptors (Lipinski definition) is 3. The number of pyridine rings is 1. The van der Waals surface area contributed by atoms with Crippen LogP contribution in [-0.4, -0.2) is 23.5 Å². The summed E-state index contributed by atoms with van der Waals surface area (Å²) in [4.78, 5) is 16.0. The molecule has 1 aliphatic carbocycles. The molecule has 1 aliphatic rings. The molecular formula is C16H19N3O. The molecule has 0 unspecified atom stereocenters. The number of hydrogen-bond donors (Lipinski definition) is 2. The lowest BCUT2D eigenvalue weighted by atomic mass is 10.1. The molecule has 0 aliphatic heterocycles. The third-order valence-corrected chi connectivity index (χ3v) is 3.50. The Morgan fingerprint density at radius 2 is 2.10 bits per heavy atom. The number of aromatic nitrogens is 1. The van der Waals surface area contributed by atoms with Gasteiger partial charge < -0.3 is 10.6 Å². The number of nitrogens with zero attached hydrogens (tertiary/aromatic N) is 1. The molecular weight excluding hydrogens is 250 g/mol. The van der Waals surface area contributed by atoms with Crippen molar-refractivity contribution in [1.29, 1.82) is 0 Å². The Balaban J connectivity index is 1.50. The fourth-order valence-corrected chi connectivity index (χ4v) is 2.26. The first kappa shape index (κ1) is 13.1. The van der Waals surface area contributed by atoms with Crippen molar-refractivity contribution in [3.8, 4) is 0 Å². The van der Waals surface area contributed by atoms with Crippen LogP contribution in [0.15, 0.2) is 36.5 Å². The summed E-state index contributed by atoms with van der Waals surface area (Å²) in [5.41, 5.74) is 2.20. The third-order valence-electron chi connectivity index (χ3n) is 3.50. The van der Waals surface area contributed by atoms with Crippen LogP contribution in [0.3, 0.4) is 0 Å². The van der Waals surface area contributed by atoms with E-state index in [2.05, 4.69) is 33.8 Å². The second kappa shape index (κ2) is 6.01. The lowest BCUT2D eigenvalue weighted by Crippen LogP contribution is -2.29. The van der Waals surface area contributed by atoms with Gasteiger partial charge in [-0.1, -0.05) is 24.3 Å². The number of nitrogens with one attached hydrogen (secondary N) is 2. The molecule has 20 heavy (non-hydrogen) atoms. The Labute approximate surface area is 118 Å². The molecule has 1 heterocycles. The summed E-state index contributed by atoms with van der Waals surface area (Å²) < 4.78 is 0. The second-order valence-electron chi connectivity index (χ2n) is 5.26. The molecule has 104 valence electrons. The molecule has 0 bridgehead atoms. The van der Waals surface area contributed by atoms with Crippen molar-refractivity contribution in [2.75, 3.05) is 6.54 Å². The summed E-state index contributed by atoms with van der Waals surface area (Å²) in [5.74, 6) is 0.149. The van der Waals surface area contributed by atoms with Crippen molar-refractivity contribution < 1.29 is 4.79 Å². The maximum Gasteiger partial charge on any atom is 0.221 e. The van der Waals surface area contributed by atoms with Gasteiger partial charge in [0.25, 0.3) is 0 Å². The molecule has 4 heteroatoms. The van der Waals surface area contributed by atoms with E-state index in [-0.39, 0.29) is 5.91 Å². The largest absolute Gasteiger partial charge is 0.353 e. The van der Waals surface area contributed by atoms with Gasteiger partial charge in [0.2, 0.25) is 5.91 Å². The fraction of sp³-hybridized carbons (Fsp3) is 0.375. The van der Waals surface area contributed by atoms with Crippen LogP contribution in [0.4, 0.5) is 0 Å². The summed E-state index contributed by atoms with van der Waals surface area (Å²) in [7, 11) is 0. The number of amides is 1. The van der Waals surface area contributed by atoms with Gasteiger partial charge in [0, 0.05) is 37.1 Å². The van der Waals surface area contributed by atoms with Gasteiger partial charge >= 0.3 is 0 Å². The van der Waals surface area contributed by atoms with Crippen LogP contribution in [0.2, 0.25) is 0 Å². The SMILES string of the molecule is O=C(CCNCc1cccc2cccnc12)NC1CC1. The van der Waals surface area contributed by atoms with E-state index in [1.54, 1.807) is 0 Å². The molecule has 1 fully saturated rings. The molecule has 2 N–H and O–H groups in total. The van der Waals surface area contributed by atoms with Crippen molar-refractivity contribution in [3.63, 3.8) is 0 Å². The molecule has 1 amide bonds. The van der Waals surface area contributed by atoms with Crippen LogP contribution in [0.1, 0.15) is 24.8 Å². The van der Waals surface area contributed by atoms with E-state index in [4.69, 9.17) is 0 Å². The molecule has 4 nitrogen and oxygen atoms in total. The summed E-state index contributed by atoms with van der Waals surface area (Å²) in [6.45, 7) is 1.44. The Bertz CT molecular complexity index is 602. The average molecular weight is 269 g/mol. The zero-order valence-electron chi connectivity index (χ0n) is 11.4. The molecule has 0 spiro atoms. The van der Waals surface area contributed by atoms with Crippen LogP contribution in [0, 0.1) is 0 Å². The van der Waals surface area contributed by atoms with E-state index >= 15 is 0 Å². The maximum atomic E-state index is 11.6. The third kappa shape index (κ3) is 3.33. The highest BCUT2D eigenvalue weighted by molar-refractivity contribution is 5.81. The molecule has 3 rings (SSSR count). The number of para-hydroxylation sites is 1. The predicted molar refractivity (Wildman–Crippen MR) is 79.2 cm³/mol. The number of carbonyl (C=O) groups excluding carboxylic acids is 1. The van der Waals surface area contributed by atoms with Gasteiger partial charge in [-0.3, -0.25) is 9.78 Å². The second-order valence-corrected chi connectivity index (χ2v) is 5.26. The number of rotatable bonds is 6. The van der Waals surface area contributed by atoms with Crippen molar-refractivity contribution in [2.24, 2.45) is 0 Å². The van der Waals surface area contributed by atoms with Gasteiger partial charge in [-0.25, -0.2) is 0 Å². The molecule has 0 atom stereocenters. The molecule has 1 aromatic heterocycles. The molecule has 0 saturated heterocycles. The van der Waals surface area contributed by atoms with E-state index in [1.165, 1.54) is 5.56 Å². The predicted octanol–water partition coefficient (Wildman–Crippen LogP) is 1.99. The Morgan fingerprint density at radius 1 is 1.25 bits per heavy atom.